The van der Waals surface area contributed by atoms with Crippen LogP contribution in [0.4, 0.5) is 0 Å². The van der Waals surface area contributed by atoms with Crippen molar-refractivity contribution in [3.05, 3.63) is 34.9 Å². The Morgan fingerprint density at radius 2 is 1.09 bits per heavy atom. The van der Waals surface area contributed by atoms with Crippen molar-refractivity contribution in [3.8, 4) is 0 Å². The minimum atomic E-state index is -3.12. The van der Waals surface area contributed by atoms with Gasteiger partial charge in [-0.2, -0.15) is 0 Å². The fourth-order valence-corrected chi connectivity index (χ4v) is 12.7. The van der Waals surface area contributed by atoms with Gasteiger partial charge in [0.15, 0.2) is 0 Å². The normalized spacial score (nSPS) is 11.5. The zero-order valence-corrected chi connectivity index (χ0v) is 19.5. The van der Waals surface area contributed by atoms with Crippen LogP contribution in [0, 0.1) is 5.41 Å². The average Bonchev–Trinajstić information content (AvgIpc) is 2.39. The summed E-state index contributed by atoms with van der Waals surface area (Å²) in [4.78, 5) is 12.6. The summed E-state index contributed by atoms with van der Waals surface area (Å²) in [7, 11) is 0. The third-order valence-electron chi connectivity index (χ3n) is 3.57. The van der Waals surface area contributed by atoms with E-state index in [0.29, 0.717) is 0 Å². The molecule has 0 aliphatic carbocycles. The summed E-state index contributed by atoms with van der Waals surface area (Å²) < 4.78 is 9.14. The van der Waals surface area contributed by atoms with Gasteiger partial charge in [0.05, 0.1) is 0 Å². The van der Waals surface area contributed by atoms with Crippen molar-refractivity contribution in [2.75, 3.05) is 0 Å². The van der Waals surface area contributed by atoms with Crippen LogP contribution >= 0.6 is 0 Å². The molecule has 2 nitrogen and oxygen atoms in total. The monoisotopic (exact) mass is 428 g/mol. The number of carbonyl (C=O) groups is 1. The number of carbonyl (C=O) groups excluding carboxylic acids is 1. The molecule has 23 heavy (non-hydrogen) atoms. The van der Waals surface area contributed by atoms with Gasteiger partial charge in [-0.1, -0.05) is 0 Å². The summed E-state index contributed by atoms with van der Waals surface area (Å²) in [5, 5.41) is 0. The van der Waals surface area contributed by atoms with Crippen molar-refractivity contribution < 1.29 is 7.87 Å². The van der Waals surface area contributed by atoms with Crippen LogP contribution in [0.1, 0.15) is 62.3 Å². The zero-order valence-electron chi connectivity index (χ0n) is 16.7. The van der Waals surface area contributed by atoms with Gasteiger partial charge in [0.2, 0.25) is 0 Å². The van der Waals surface area contributed by atoms with Crippen molar-refractivity contribution >= 4 is 24.8 Å². The first-order valence-corrected chi connectivity index (χ1v) is 15.7. The molecule has 0 aliphatic heterocycles. The Morgan fingerprint density at radius 3 is 1.30 bits per heavy atom. The van der Waals surface area contributed by atoms with Crippen molar-refractivity contribution in [1.29, 1.82) is 0 Å². The van der Waals surface area contributed by atoms with Crippen molar-refractivity contribution in [2.24, 2.45) is 5.41 Å². The second-order valence-corrected chi connectivity index (χ2v) is 19.1. The fraction of sp³-hybridized carbons (Fsp3) is 0.650. The van der Waals surface area contributed by atoms with Crippen molar-refractivity contribution in [2.45, 2.75) is 75.6 Å². The van der Waals surface area contributed by atoms with Gasteiger partial charge in [-0.3, -0.25) is 0 Å². The van der Waals surface area contributed by atoms with Gasteiger partial charge in [-0.15, -0.1) is 0 Å². The Labute approximate surface area is 148 Å². The van der Waals surface area contributed by atoms with E-state index in [-0.39, 0.29) is 5.97 Å². The van der Waals surface area contributed by atoms with Crippen LogP contribution < -0.4 is 0 Å². The average molecular weight is 427 g/mol. The summed E-state index contributed by atoms with van der Waals surface area (Å²) in [6.45, 7) is 18.5. The van der Waals surface area contributed by atoms with E-state index in [1.807, 2.05) is 20.8 Å². The molecule has 0 fully saturated rings. The second-order valence-electron chi connectivity index (χ2n) is 8.28. The van der Waals surface area contributed by atoms with E-state index in [4.69, 9.17) is 3.07 Å². The van der Waals surface area contributed by atoms with Gasteiger partial charge in [-0.25, -0.2) is 0 Å². The van der Waals surface area contributed by atoms with Gasteiger partial charge >= 0.3 is 149 Å². The van der Waals surface area contributed by atoms with Gasteiger partial charge in [0, 0.05) is 0 Å². The third kappa shape index (κ3) is 10.1. The molecule has 132 valence electrons. The Kier molecular flexibility index (Phi) is 9.49. The maximum atomic E-state index is 12.6. The molecule has 0 N–H and O–H groups in total. The number of hydrogen-bond acceptors (Lipinski definition) is 2. The zero-order chi connectivity index (χ0) is 18.3. The summed E-state index contributed by atoms with van der Waals surface area (Å²) >= 11 is -3.12. The topological polar surface area (TPSA) is 26.3 Å². The van der Waals surface area contributed by atoms with Crippen LogP contribution in [-0.2, 0) is 7.87 Å². The third-order valence-corrected chi connectivity index (χ3v) is 13.5. The summed E-state index contributed by atoms with van der Waals surface area (Å²) in [6.07, 6.45) is 6.80. The molecule has 0 saturated carbocycles. The fourth-order valence-electron chi connectivity index (χ4n) is 1.90. The van der Waals surface area contributed by atoms with E-state index in [1.54, 1.807) is 0 Å². The first-order valence-electron chi connectivity index (χ1n) is 8.51. The molecule has 0 radical (unpaired) electrons. The van der Waals surface area contributed by atoms with Crippen LogP contribution in [0.25, 0.3) is 0 Å². The van der Waals surface area contributed by atoms with E-state index in [2.05, 4.69) is 59.8 Å². The van der Waals surface area contributed by atoms with E-state index in [0.717, 1.165) is 13.3 Å². The summed E-state index contributed by atoms with van der Waals surface area (Å²) in [6, 6.07) is 0. The summed E-state index contributed by atoms with van der Waals surface area (Å²) in [5.74, 6) is -0.0419. The molecule has 0 amide bonds. The van der Waals surface area contributed by atoms with Crippen LogP contribution in [-0.4, -0.2) is 24.8 Å². The van der Waals surface area contributed by atoms with Crippen LogP contribution in [0.3, 0.4) is 0 Å². The van der Waals surface area contributed by atoms with Crippen LogP contribution in [0.15, 0.2) is 34.9 Å². The molecule has 0 rings (SSSR count). The Balaban J connectivity index is 5.69. The molecule has 0 aromatic heterocycles. The van der Waals surface area contributed by atoms with Crippen molar-refractivity contribution in [1.82, 2.24) is 0 Å². The Bertz CT molecular complexity index is 428. The standard InChI is InChI=1S/C5H10O2.3C5H9.Sn/c1-5(2,3)4(6)7;3*1-4-5(2)3;/h1-3H3,(H,6,7);3*4H,1H2,2-3H3;/q;;;;+1/p-1. The van der Waals surface area contributed by atoms with E-state index >= 15 is 0 Å². The van der Waals surface area contributed by atoms with Gasteiger partial charge in [0.25, 0.3) is 0 Å². The molecule has 0 spiro atoms. The molecule has 0 bridgehead atoms. The van der Waals surface area contributed by atoms with E-state index in [9.17, 15) is 4.79 Å². The second kappa shape index (κ2) is 9.70. The van der Waals surface area contributed by atoms with Gasteiger partial charge in [0.1, 0.15) is 0 Å². The molecule has 0 unspecified atom stereocenters. The van der Waals surface area contributed by atoms with Crippen LogP contribution in [0.2, 0.25) is 13.3 Å². The summed E-state index contributed by atoms with van der Waals surface area (Å²) in [5.41, 5.74) is 3.45. The molecular formula is C20H36O2Sn. The number of allylic oxidation sites excluding steroid dienone is 6. The molecule has 0 aliphatic rings. The predicted octanol–water partition coefficient (Wildman–Crippen LogP) is 6.42. The van der Waals surface area contributed by atoms with Gasteiger partial charge < -0.3 is 0 Å². The quantitative estimate of drug-likeness (QED) is 0.346. The molecule has 0 heterocycles. The SMILES string of the molecule is CC(C)=C[CH2][Sn]([CH2]C=C(C)C)([CH2]C=C(C)C)[O]C(=O)C(C)(C)C. The molecule has 0 atom stereocenters. The van der Waals surface area contributed by atoms with E-state index < -0.39 is 24.2 Å². The Hall–Kier alpha value is -0.511. The molecule has 0 aromatic carbocycles. The first-order chi connectivity index (χ1) is 10.4. The molecular weight excluding hydrogens is 391 g/mol. The maximum absolute atomic E-state index is 12.6. The number of hydrogen-bond donors (Lipinski definition) is 0. The Morgan fingerprint density at radius 1 is 0.783 bits per heavy atom. The van der Waals surface area contributed by atoms with Crippen LogP contribution in [0.5, 0.6) is 0 Å². The first kappa shape index (κ1) is 22.5. The minimum absolute atomic E-state index is 0.0419. The van der Waals surface area contributed by atoms with Gasteiger partial charge in [-0.05, 0) is 0 Å². The molecule has 3 heteroatoms. The molecule has 0 aromatic rings. The van der Waals surface area contributed by atoms with Crippen molar-refractivity contribution in [3.63, 3.8) is 0 Å². The predicted molar refractivity (Wildman–Crippen MR) is 104 cm³/mol. The van der Waals surface area contributed by atoms with E-state index in [1.165, 1.54) is 16.7 Å². The molecule has 0 saturated heterocycles. The number of rotatable bonds is 7.